The summed E-state index contributed by atoms with van der Waals surface area (Å²) in [7, 11) is 1.89. The maximum absolute atomic E-state index is 12.5. The van der Waals surface area contributed by atoms with Gasteiger partial charge in [0.1, 0.15) is 5.82 Å². The minimum atomic E-state index is 0.131. The van der Waals surface area contributed by atoms with Crippen LogP contribution >= 0.6 is 0 Å². The van der Waals surface area contributed by atoms with Gasteiger partial charge in [0.25, 0.3) is 0 Å². The predicted octanol–water partition coefficient (Wildman–Crippen LogP) is 2.46. The fourth-order valence-electron chi connectivity index (χ4n) is 4.08. The number of aryl methyl sites for hydroxylation is 1. The molecule has 1 amide bonds. The van der Waals surface area contributed by atoms with Crippen molar-refractivity contribution in [3.8, 4) is 0 Å². The second-order valence-electron chi connectivity index (χ2n) is 6.87. The van der Waals surface area contributed by atoms with Crippen LogP contribution in [0.15, 0.2) is 18.2 Å². The predicted molar refractivity (Wildman–Crippen MR) is 83.5 cm³/mol. The molecular formula is C17H23N3O2. The molecule has 0 spiro atoms. The van der Waals surface area contributed by atoms with Gasteiger partial charge in [0, 0.05) is 31.6 Å². The van der Waals surface area contributed by atoms with E-state index in [1.807, 2.05) is 13.1 Å². The van der Waals surface area contributed by atoms with Gasteiger partial charge < -0.3 is 10.1 Å². The zero-order chi connectivity index (χ0) is 15.1. The molecule has 118 valence electrons. The topological polar surface area (TPSA) is 56.1 Å². The Morgan fingerprint density at radius 3 is 3.00 bits per heavy atom. The van der Waals surface area contributed by atoms with Crippen LogP contribution in [0.1, 0.15) is 37.3 Å². The van der Waals surface area contributed by atoms with Crippen molar-refractivity contribution in [2.75, 3.05) is 18.5 Å². The Kier molecular flexibility index (Phi) is 3.53. The Labute approximate surface area is 130 Å². The first-order valence-electron chi connectivity index (χ1n) is 8.31. The molecule has 5 heteroatoms. The van der Waals surface area contributed by atoms with E-state index in [-0.39, 0.29) is 11.8 Å². The van der Waals surface area contributed by atoms with Gasteiger partial charge in [0.2, 0.25) is 5.91 Å². The lowest BCUT2D eigenvalue weighted by Crippen LogP contribution is -2.26. The molecule has 0 aromatic carbocycles. The van der Waals surface area contributed by atoms with E-state index in [0.717, 1.165) is 50.4 Å². The minimum Gasteiger partial charge on any atom is -0.381 e. The summed E-state index contributed by atoms with van der Waals surface area (Å²) in [5.41, 5.74) is 1.03. The third-order valence-corrected chi connectivity index (χ3v) is 5.34. The highest BCUT2D eigenvalue weighted by Gasteiger charge is 2.40. The number of rotatable bonds is 3. The van der Waals surface area contributed by atoms with E-state index in [1.54, 1.807) is 4.68 Å². The number of nitrogens with zero attached hydrogens (tertiary/aromatic N) is 2. The van der Waals surface area contributed by atoms with E-state index in [2.05, 4.69) is 22.6 Å². The molecule has 2 bridgehead atoms. The van der Waals surface area contributed by atoms with Crippen LogP contribution in [0, 0.1) is 17.8 Å². The van der Waals surface area contributed by atoms with Gasteiger partial charge in [-0.1, -0.05) is 12.2 Å². The highest BCUT2D eigenvalue weighted by Crippen LogP contribution is 2.43. The Hall–Kier alpha value is -1.62. The zero-order valence-electron chi connectivity index (χ0n) is 13.0. The van der Waals surface area contributed by atoms with Gasteiger partial charge in [0.05, 0.1) is 12.3 Å². The first-order chi connectivity index (χ1) is 10.7. The number of hydrogen-bond donors (Lipinski definition) is 1. The molecule has 1 aromatic rings. The average Bonchev–Trinajstić information content (AvgIpc) is 3.24. The molecule has 1 saturated carbocycles. The Morgan fingerprint density at radius 1 is 1.41 bits per heavy atom. The molecule has 4 rings (SSSR count). The van der Waals surface area contributed by atoms with Gasteiger partial charge in [-0.15, -0.1) is 0 Å². The number of fused-ring (bicyclic) bond motifs is 2. The van der Waals surface area contributed by atoms with Gasteiger partial charge in [-0.25, -0.2) is 0 Å². The quantitative estimate of drug-likeness (QED) is 0.873. The van der Waals surface area contributed by atoms with E-state index < -0.39 is 0 Å². The SMILES string of the molecule is Cn1nc([C@H]2CCCOC2)cc1NC(=O)[C@H]1C[C@H]2C=C[C@H]1C2. The summed E-state index contributed by atoms with van der Waals surface area (Å²) >= 11 is 0. The highest BCUT2D eigenvalue weighted by atomic mass is 16.5. The summed E-state index contributed by atoms with van der Waals surface area (Å²) < 4.78 is 7.32. The van der Waals surface area contributed by atoms with Crippen LogP contribution in [0.5, 0.6) is 0 Å². The molecule has 3 aliphatic rings. The number of hydrogen-bond acceptors (Lipinski definition) is 3. The molecule has 0 radical (unpaired) electrons. The number of carbonyl (C=O) groups is 1. The summed E-state index contributed by atoms with van der Waals surface area (Å²) in [6, 6.07) is 2.01. The van der Waals surface area contributed by atoms with Gasteiger partial charge in [-0.05, 0) is 37.5 Å². The van der Waals surface area contributed by atoms with E-state index >= 15 is 0 Å². The summed E-state index contributed by atoms with van der Waals surface area (Å²) in [4.78, 5) is 12.5. The summed E-state index contributed by atoms with van der Waals surface area (Å²) in [6.07, 6.45) is 8.82. The summed E-state index contributed by atoms with van der Waals surface area (Å²) in [6.45, 7) is 1.59. The van der Waals surface area contributed by atoms with Gasteiger partial charge in [-0.2, -0.15) is 5.10 Å². The van der Waals surface area contributed by atoms with Gasteiger partial charge in [-0.3, -0.25) is 9.48 Å². The molecule has 1 saturated heterocycles. The third-order valence-electron chi connectivity index (χ3n) is 5.34. The normalized spacial score (nSPS) is 33.3. The number of carbonyl (C=O) groups excluding carboxylic acids is 1. The number of nitrogens with one attached hydrogen (secondary N) is 1. The van der Waals surface area contributed by atoms with Crippen molar-refractivity contribution < 1.29 is 9.53 Å². The number of aromatic nitrogens is 2. The van der Waals surface area contributed by atoms with Crippen molar-refractivity contribution in [2.45, 2.75) is 31.6 Å². The maximum atomic E-state index is 12.5. The maximum Gasteiger partial charge on any atom is 0.229 e. The average molecular weight is 301 g/mol. The van der Waals surface area contributed by atoms with E-state index in [0.29, 0.717) is 17.8 Å². The number of amides is 1. The van der Waals surface area contributed by atoms with Crippen molar-refractivity contribution in [2.24, 2.45) is 24.8 Å². The van der Waals surface area contributed by atoms with Crippen LogP contribution < -0.4 is 5.32 Å². The smallest absolute Gasteiger partial charge is 0.229 e. The summed E-state index contributed by atoms with van der Waals surface area (Å²) in [5, 5.41) is 7.65. The standard InChI is InChI=1S/C17H23N3O2/c1-20-16(9-15(19-20)13-3-2-6-22-10-13)18-17(21)14-8-11-4-5-12(14)7-11/h4-5,9,11-14H,2-3,6-8,10H2,1H3,(H,18,21)/t11-,12-,13-,14-/m0/s1. The second-order valence-corrected chi connectivity index (χ2v) is 6.87. The molecule has 1 aromatic heterocycles. The first kappa shape index (κ1) is 14.0. The Balaban J connectivity index is 1.45. The van der Waals surface area contributed by atoms with E-state index in [9.17, 15) is 4.79 Å². The highest BCUT2D eigenvalue weighted by molar-refractivity contribution is 5.92. The molecule has 2 aliphatic carbocycles. The number of anilines is 1. The molecular weight excluding hydrogens is 278 g/mol. The van der Waals surface area contributed by atoms with Gasteiger partial charge in [0.15, 0.2) is 0 Å². The summed E-state index contributed by atoms with van der Waals surface area (Å²) in [5.74, 6) is 2.48. The number of allylic oxidation sites excluding steroid dienone is 2. The van der Waals surface area contributed by atoms with E-state index in [1.165, 1.54) is 0 Å². The lowest BCUT2D eigenvalue weighted by molar-refractivity contribution is -0.120. The van der Waals surface area contributed by atoms with Crippen molar-refractivity contribution in [1.82, 2.24) is 9.78 Å². The Bertz CT molecular complexity index is 601. The van der Waals surface area contributed by atoms with Crippen LogP contribution in [0.2, 0.25) is 0 Å². The molecule has 1 N–H and O–H groups in total. The molecule has 0 unspecified atom stereocenters. The molecule has 22 heavy (non-hydrogen) atoms. The lowest BCUT2D eigenvalue weighted by Gasteiger charge is -2.19. The Morgan fingerprint density at radius 2 is 2.32 bits per heavy atom. The van der Waals surface area contributed by atoms with Crippen LogP contribution in [0.25, 0.3) is 0 Å². The van der Waals surface area contributed by atoms with Crippen molar-refractivity contribution >= 4 is 11.7 Å². The molecule has 2 heterocycles. The lowest BCUT2D eigenvalue weighted by atomic mass is 9.93. The monoisotopic (exact) mass is 301 g/mol. The second kappa shape index (κ2) is 5.54. The molecule has 5 nitrogen and oxygen atoms in total. The molecule has 2 fully saturated rings. The molecule has 4 atom stereocenters. The zero-order valence-corrected chi connectivity index (χ0v) is 13.0. The van der Waals surface area contributed by atoms with Crippen molar-refractivity contribution in [3.63, 3.8) is 0 Å². The van der Waals surface area contributed by atoms with Crippen LogP contribution in [-0.4, -0.2) is 28.9 Å². The minimum absolute atomic E-state index is 0.131. The largest absolute Gasteiger partial charge is 0.381 e. The third kappa shape index (κ3) is 2.47. The van der Waals surface area contributed by atoms with Crippen LogP contribution in [-0.2, 0) is 16.6 Å². The fraction of sp³-hybridized carbons (Fsp3) is 0.647. The van der Waals surface area contributed by atoms with Crippen molar-refractivity contribution in [1.29, 1.82) is 0 Å². The molecule has 1 aliphatic heterocycles. The first-order valence-corrected chi connectivity index (χ1v) is 8.31. The van der Waals surface area contributed by atoms with Gasteiger partial charge >= 0.3 is 0 Å². The van der Waals surface area contributed by atoms with Crippen LogP contribution in [0.4, 0.5) is 5.82 Å². The van der Waals surface area contributed by atoms with Crippen molar-refractivity contribution in [3.05, 3.63) is 23.9 Å². The number of ether oxygens (including phenoxy) is 1. The van der Waals surface area contributed by atoms with E-state index in [4.69, 9.17) is 4.74 Å². The van der Waals surface area contributed by atoms with Crippen LogP contribution in [0.3, 0.4) is 0 Å². The fourth-order valence-corrected chi connectivity index (χ4v) is 4.08.